The first-order chi connectivity index (χ1) is 29.4. The van der Waals surface area contributed by atoms with Gasteiger partial charge in [0.1, 0.15) is 0 Å². The molecule has 0 atom stereocenters. The van der Waals surface area contributed by atoms with Gasteiger partial charge in [-0.3, -0.25) is 0 Å². The van der Waals surface area contributed by atoms with Crippen molar-refractivity contribution >= 4 is 22.4 Å². The molecular formula is C56H52N4. The Morgan fingerprint density at radius 3 is 2.05 bits per heavy atom. The lowest BCUT2D eigenvalue weighted by atomic mass is 9.88. The summed E-state index contributed by atoms with van der Waals surface area (Å²) in [7, 11) is 0. The van der Waals surface area contributed by atoms with Gasteiger partial charge in [-0.25, -0.2) is 9.97 Å². The van der Waals surface area contributed by atoms with Gasteiger partial charge < -0.3 is 9.47 Å². The fourth-order valence-corrected chi connectivity index (χ4v) is 7.70. The van der Waals surface area contributed by atoms with Crippen LogP contribution in [0.5, 0.6) is 0 Å². The molecular weight excluding hydrogens is 729 g/mol. The summed E-state index contributed by atoms with van der Waals surface area (Å²) in [4.78, 5) is 11.9. The van der Waals surface area contributed by atoms with Gasteiger partial charge in [-0.1, -0.05) is 164 Å². The Morgan fingerprint density at radius 1 is 0.717 bits per heavy atom. The second kappa shape index (κ2) is 19.4. The van der Waals surface area contributed by atoms with Crippen molar-refractivity contribution in [3.05, 3.63) is 258 Å². The van der Waals surface area contributed by atoms with Gasteiger partial charge in [-0.15, -0.1) is 0 Å². The number of piperidine rings is 1. The number of benzene rings is 4. The summed E-state index contributed by atoms with van der Waals surface area (Å²) in [6.45, 7) is 17.4. The number of fused-ring (bicyclic) bond motifs is 3. The molecule has 0 saturated carbocycles. The predicted molar refractivity (Wildman–Crippen MR) is 255 cm³/mol. The summed E-state index contributed by atoms with van der Waals surface area (Å²) in [5.74, 6) is 0.748. The number of anilines is 1. The molecule has 2 bridgehead atoms. The van der Waals surface area contributed by atoms with Gasteiger partial charge in [-0.2, -0.15) is 0 Å². The second-order valence-electron chi connectivity index (χ2n) is 14.9. The molecule has 2 aromatic heterocycles. The summed E-state index contributed by atoms with van der Waals surface area (Å²) < 4.78 is 2.31. The van der Waals surface area contributed by atoms with E-state index in [1.54, 1.807) is 0 Å². The number of allylic oxidation sites excluding steroid dienone is 14. The van der Waals surface area contributed by atoms with Crippen LogP contribution in [0, 0.1) is 13.8 Å². The maximum absolute atomic E-state index is 5.00. The summed E-state index contributed by atoms with van der Waals surface area (Å²) in [6, 6.07) is 43.9. The number of hydrogen-bond acceptors (Lipinski definition) is 3. The predicted octanol–water partition coefficient (Wildman–Crippen LogP) is 14.4. The van der Waals surface area contributed by atoms with E-state index in [2.05, 4.69) is 176 Å². The summed E-state index contributed by atoms with van der Waals surface area (Å²) in [5.41, 5.74) is 17.2. The number of rotatable bonds is 6. The van der Waals surface area contributed by atoms with Crippen LogP contribution in [0.15, 0.2) is 230 Å². The van der Waals surface area contributed by atoms with Gasteiger partial charge in [0.15, 0.2) is 5.82 Å². The normalized spacial score (nSPS) is 15.1. The second-order valence-corrected chi connectivity index (χ2v) is 14.9. The molecule has 0 N–H and O–H groups in total. The zero-order valence-electron chi connectivity index (χ0n) is 35.1. The monoisotopic (exact) mass is 780 g/mol. The van der Waals surface area contributed by atoms with Gasteiger partial charge in [0.25, 0.3) is 0 Å². The first-order valence-corrected chi connectivity index (χ1v) is 20.5. The van der Waals surface area contributed by atoms with Crippen LogP contribution in [0.2, 0.25) is 0 Å². The molecule has 6 aromatic rings. The van der Waals surface area contributed by atoms with Crippen molar-refractivity contribution in [1.29, 1.82) is 0 Å². The Bertz CT molecular complexity index is 2660. The lowest BCUT2D eigenvalue weighted by Gasteiger charge is -2.38. The standard InChI is InChI=1S/C42H36N4.2C7H8/c1-5-15-36-38-28-37(29(3)35-24-26-45(41(35)36)33-20-12-9-13-21-33)40(16-6-2)46(30(38)4)34-22-14-19-32(27-34)39-23-25-43-42(44-39)31-17-10-7-8-11-18-31;2*1-7-5-3-2-4-6-7/h5-17,19-27H,2,4,18,28H2,1,3H3;2*2-6H,1H3/b15-5-,40-16+;;. The highest BCUT2D eigenvalue weighted by molar-refractivity contribution is 5.94. The SMILES string of the molecule is C=C/C=C1\C2=C(C)c3ccn(-c4ccccc4)c3C(/C=C\C)=C(C2)C(=C)N1c1cccc(-c2ccnc(C3=CC=CC=CC3)n2)c1.Cc1ccccc1.Cc1ccccc1. The average molecular weight is 781 g/mol. The van der Waals surface area contributed by atoms with Crippen LogP contribution in [0.1, 0.15) is 54.9 Å². The zero-order chi connectivity index (χ0) is 41.8. The lowest BCUT2D eigenvalue weighted by molar-refractivity contribution is 0.961. The molecule has 0 radical (unpaired) electrons. The van der Waals surface area contributed by atoms with Crippen LogP contribution < -0.4 is 4.90 Å². The molecule has 0 unspecified atom stereocenters. The Labute approximate surface area is 356 Å². The van der Waals surface area contributed by atoms with E-state index in [1.807, 2.05) is 66.9 Å². The van der Waals surface area contributed by atoms with E-state index >= 15 is 0 Å². The van der Waals surface area contributed by atoms with E-state index in [0.717, 1.165) is 58.3 Å². The number of nitrogens with zero attached hydrogens (tertiary/aromatic N) is 4. The third-order valence-corrected chi connectivity index (χ3v) is 10.7. The molecule has 3 aliphatic rings. The molecule has 60 heavy (non-hydrogen) atoms. The van der Waals surface area contributed by atoms with Crippen LogP contribution >= 0.6 is 0 Å². The van der Waals surface area contributed by atoms with Crippen molar-refractivity contribution in [2.45, 2.75) is 40.5 Å². The lowest BCUT2D eigenvalue weighted by Crippen LogP contribution is -2.29. The number of aryl methyl sites for hydroxylation is 2. The van der Waals surface area contributed by atoms with E-state index in [0.29, 0.717) is 0 Å². The number of aromatic nitrogens is 3. The van der Waals surface area contributed by atoms with Crippen molar-refractivity contribution in [2.75, 3.05) is 4.90 Å². The molecule has 3 heterocycles. The molecule has 4 heteroatoms. The van der Waals surface area contributed by atoms with Gasteiger partial charge in [0.05, 0.1) is 11.4 Å². The summed E-state index contributed by atoms with van der Waals surface area (Å²) in [5, 5.41) is 0. The molecule has 1 aliphatic heterocycles. The van der Waals surface area contributed by atoms with Crippen LogP contribution in [0.25, 0.3) is 33.7 Å². The minimum atomic E-state index is 0.748. The van der Waals surface area contributed by atoms with Crippen molar-refractivity contribution in [3.8, 4) is 16.9 Å². The molecule has 0 spiro atoms. The zero-order valence-corrected chi connectivity index (χ0v) is 35.1. The molecule has 2 aliphatic carbocycles. The minimum Gasteiger partial charge on any atom is -0.316 e. The molecule has 4 aromatic carbocycles. The topological polar surface area (TPSA) is 34.0 Å². The first kappa shape index (κ1) is 40.9. The van der Waals surface area contributed by atoms with Gasteiger partial charge in [0.2, 0.25) is 0 Å². The maximum atomic E-state index is 5.00. The molecule has 4 nitrogen and oxygen atoms in total. The highest BCUT2D eigenvalue weighted by Gasteiger charge is 2.35. The Hall–Kier alpha value is -7.30. The molecule has 9 rings (SSSR count). The fourth-order valence-electron chi connectivity index (χ4n) is 7.70. The quantitative estimate of drug-likeness (QED) is 0.169. The molecule has 1 fully saturated rings. The van der Waals surface area contributed by atoms with Gasteiger partial charge >= 0.3 is 0 Å². The highest BCUT2D eigenvalue weighted by atomic mass is 15.2. The largest absolute Gasteiger partial charge is 0.316 e. The third kappa shape index (κ3) is 9.20. The van der Waals surface area contributed by atoms with Crippen molar-refractivity contribution in [1.82, 2.24) is 14.5 Å². The molecule has 1 saturated heterocycles. The Morgan fingerprint density at radius 2 is 1.40 bits per heavy atom. The number of para-hydroxylation sites is 1. The highest BCUT2D eigenvalue weighted by Crippen LogP contribution is 2.49. The van der Waals surface area contributed by atoms with Crippen molar-refractivity contribution < 1.29 is 0 Å². The van der Waals surface area contributed by atoms with Gasteiger partial charge in [0, 0.05) is 63.9 Å². The molecule has 0 amide bonds. The summed E-state index contributed by atoms with van der Waals surface area (Å²) >= 11 is 0. The average Bonchev–Trinajstić information content (AvgIpc) is 3.47. The maximum Gasteiger partial charge on any atom is 0.155 e. The van der Waals surface area contributed by atoms with Gasteiger partial charge in [-0.05, 0) is 93.3 Å². The fraction of sp³-hybridized carbons (Fsp3) is 0.107. The third-order valence-electron chi connectivity index (χ3n) is 10.7. The minimum absolute atomic E-state index is 0.748. The van der Waals surface area contributed by atoms with Crippen molar-refractivity contribution in [3.63, 3.8) is 0 Å². The van der Waals surface area contributed by atoms with E-state index in [9.17, 15) is 0 Å². The Balaban J connectivity index is 0.000000328. The van der Waals surface area contributed by atoms with Crippen LogP contribution in [-0.4, -0.2) is 14.5 Å². The summed E-state index contributed by atoms with van der Waals surface area (Å²) in [6.07, 6.45) is 24.3. The van der Waals surface area contributed by atoms with Crippen molar-refractivity contribution in [2.24, 2.45) is 0 Å². The Kier molecular flexibility index (Phi) is 13.2. The van der Waals surface area contributed by atoms with Crippen LogP contribution in [0.3, 0.4) is 0 Å². The smallest absolute Gasteiger partial charge is 0.155 e. The van der Waals surface area contributed by atoms with E-state index in [1.165, 1.54) is 44.7 Å². The first-order valence-electron chi connectivity index (χ1n) is 20.5. The number of hydrogen-bond donors (Lipinski definition) is 0. The van der Waals surface area contributed by atoms with E-state index < -0.39 is 0 Å². The molecule has 296 valence electrons. The van der Waals surface area contributed by atoms with Crippen LogP contribution in [-0.2, 0) is 0 Å². The van der Waals surface area contributed by atoms with E-state index in [-0.39, 0.29) is 0 Å². The van der Waals surface area contributed by atoms with E-state index in [4.69, 9.17) is 11.6 Å². The van der Waals surface area contributed by atoms with Crippen LogP contribution in [0.4, 0.5) is 5.69 Å².